The SMILES string of the molecule is Cc1c(CC(=O)Nc2nccs2)c(=O)oc2c(C)c3occ(-c4ccccc4)c3cc12. The standard InChI is InChI=1S/C24H18N2O4S/c1-13-16-10-18-19(15-6-4-3-5-7-15)12-29-21(18)14(2)22(16)30-23(28)17(13)11-20(27)26-24-25-8-9-31-24/h3-10,12H,11H2,1-2H3,(H,25,26,27). The number of hydrogen-bond donors (Lipinski definition) is 1. The van der Waals surface area contributed by atoms with Crippen LogP contribution < -0.4 is 10.9 Å². The first-order chi connectivity index (χ1) is 15.0. The Morgan fingerprint density at radius 1 is 1.10 bits per heavy atom. The predicted molar refractivity (Wildman–Crippen MR) is 122 cm³/mol. The number of rotatable bonds is 4. The van der Waals surface area contributed by atoms with Gasteiger partial charge in [-0.25, -0.2) is 9.78 Å². The van der Waals surface area contributed by atoms with Gasteiger partial charge in [-0.05, 0) is 31.0 Å². The summed E-state index contributed by atoms with van der Waals surface area (Å²) in [5.41, 5.74) is 4.48. The first-order valence-corrected chi connectivity index (χ1v) is 10.6. The zero-order valence-electron chi connectivity index (χ0n) is 16.9. The van der Waals surface area contributed by atoms with Crippen LogP contribution >= 0.6 is 11.3 Å². The molecule has 3 aromatic heterocycles. The number of furan rings is 1. The van der Waals surface area contributed by atoms with Gasteiger partial charge >= 0.3 is 5.63 Å². The Labute approximate surface area is 181 Å². The lowest BCUT2D eigenvalue weighted by atomic mass is 9.97. The molecular formula is C24H18N2O4S. The van der Waals surface area contributed by atoms with Crippen molar-refractivity contribution in [3.8, 4) is 11.1 Å². The van der Waals surface area contributed by atoms with Crippen molar-refractivity contribution in [3.05, 3.63) is 81.3 Å². The summed E-state index contributed by atoms with van der Waals surface area (Å²) in [5.74, 6) is -0.309. The van der Waals surface area contributed by atoms with Crippen LogP contribution in [-0.2, 0) is 11.2 Å². The minimum atomic E-state index is -0.517. The summed E-state index contributed by atoms with van der Waals surface area (Å²) in [7, 11) is 0. The quantitative estimate of drug-likeness (QED) is 0.383. The molecule has 3 heterocycles. The van der Waals surface area contributed by atoms with Crippen molar-refractivity contribution in [1.29, 1.82) is 0 Å². The fourth-order valence-electron chi connectivity index (χ4n) is 3.85. The highest BCUT2D eigenvalue weighted by Gasteiger charge is 2.20. The molecule has 5 rings (SSSR count). The van der Waals surface area contributed by atoms with Gasteiger partial charge in [-0.1, -0.05) is 30.3 Å². The topological polar surface area (TPSA) is 85.3 Å². The van der Waals surface area contributed by atoms with Gasteiger partial charge in [-0.3, -0.25) is 4.79 Å². The highest BCUT2D eigenvalue weighted by atomic mass is 32.1. The normalized spacial score (nSPS) is 11.3. The summed E-state index contributed by atoms with van der Waals surface area (Å²) in [4.78, 5) is 29.2. The van der Waals surface area contributed by atoms with Crippen LogP contribution in [0.5, 0.6) is 0 Å². The molecule has 0 saturated heterocycles. The lowest BCUT2D eigenvalue weighted by Crippen LogP contribution is -2.20. The van der Waals surface area contributed by atoms with Gasteiger partial charge in [0.05, 0.1) is 18.2 Å². The van der Waals surface area contributed by atoms with Crippen LogP contribution in [0.1, 0.15) is 16.7 Å². The summed E-state index contributed by atoms with van der Waals surface area (Å²) in [5, 5.41) is 6.71. The van der Waals surface area contributed by atoms with Crippen LogP contribution in [0.4, 0.5) is 5.13 Å². The van der Waals surface area contributed by atoms with E-state index in [4.69, 9.17) is 8.83 Å². The molecule has 0 fully saturated rings. The highest BCUT2D eigenvalue weighted by molar-refractivity contribution is 7.13. The van der Waals surface area contributed by atoms with E-state index in [9.17, 15) is 9.59 Å². The monoisotopic (exact) mass is 430 g/mol. The molecule has 0 radical (unpaired) electrons. The smallest absolute Gasteiger partial charge is 0.340 e. The number of amides is 1. The molecule has 0 aliphatic carbocycles. The van der Waals surface area contributed by atoms with E-state index < -0.39 is 5.63 Å². The third kappa shape index (κ3) is 3.33. The molecule has 1 N–H and O–H groups in total. The van der Waals surface area contributed by atoms with Gasteiger partial charge in [0.2, 0.25) is 5.91 Å². The minimum Gasteiger partial charge on any atom is -0.463 e. The van der Waals surface area contributed by atoms with Crippen molar-refractivity contribution in [3.63, 3.8) is 0 Å². The maximum absolute atomic E-state index is 12.7. The number of carbonyl (C=O) groups is 1. The maximum atomic E-state index is 12.7. The molecule has 0 spiro atoms. The number of thiazole rings is 1. The van der Waals surface area contributed by atoms with Crippen molar-refractivity contribution in [2.24, 2.45) is 0 Å². The number of carbonyl (C=O) groups excluding carboxylic acids is 1. The first kappa shape index (κ1) is 19.3. The van der Waals surface area contributed by atoms with Crippen molar-refractivity contribution >= 4 is 44.3 Å². The summed E-state index contributed by atoms with van der Waals surface area (Å²) in [6.07, 6.45) is 3.25. The van der Waals surface area contributed by atoms with Crippen LogP contribution in [0.2, 0.25) is 0 Å². The van der Waals surface area contributed by atoms with Crippen molar-refractivity contribution in [2.45, 2.75) is 20.3 Å². The third-order valence-electron chi connectivity index (χ3n) is 5.44. The van der Waals surface area contributed by atoms with Gasteiger partial charge in [0.1, 0.15) is 11.2 Å². The van der Waals surface area contributed by atoms with Crippen LogP contribution in [0.15, 0.2) is 67.9 Å². The summed E-state index contributed by atoms with van der Waals surface area (Å²) >= 11 is 1.32. The number of anilines is 1. The molecule has 0 saturated carbocycles. The molecule has 1 amide bonds. The van der Waals surface area contributed by atoms with Gasteiger partial charge in [0.15, 0.2) is 5.13 Å². The predicted octanol–water partition coefficient (Wildman–Crippen LogP) is 5.46. The van der Waals surface area contributed by atoms with E-state index in [0.29, 0.717) is 21.9 Å². The molecular weight excluding hydrogens is 412 g/mol. The van der Waals surface area contributed by atoms with Crippen LogP contribution in [0.3, 0.4) is 0 Å². The summed E-state index contributed by atoms with van der Waals surface area (Å²) < 4.78 is 11.5. The Hall–Kier alpha value is -3.71. The largest absolute Gasteiger partial charge is 0.463 e. The molecule has 0 aliphatic heterocycles. The maximum Gasteiger partial charge on any atom is 0.340 e. The molecule has 2 aromatic carbocycles. The Balaban J connectivity index is 1.65. The number of hydrogen-bond acceptors (Lipinski definition) is 6. The summed E-state index contributed by atoms with van der Waals surface area (Å²) in [6, 6.07) is 11.9. The molecule has 0 aliphatic rings. The van der Waals surface area contributed by atoms with E-state index >= 15 is 0 Å². The Bertz CT molecular complexity index is 1480. The van der Waals surface area contributed by atoms with Gasteiger partial charge in [-0.2, -0.15) is 0 Å². The number of nitrogens with zero attached hydrogens (tertiary/aromatic N) is 1. The molecule has 0 unspecified atom stereocenters. The van der Waals surface area contributed by atoms with E-state index in [1.54, 1.807) is 17.8 Å². The molecule has 31 heavy (non-hydrogen) atoms. The number of fused-ring (bicyclic) bond motifs is 2. The number of benzene rings is 2. The average molecular weight is 430 g/mol. The first-order valence-electron chi connectivity index (χ1n) is 9.75. The second-order valence-corrected chi connectivity index (χ2v) is 8.22. The van der Waals surface area contributed by atoms with E-state index in [-0.39, 0.29) is 12.3 Å². The zero-order chi connectivity index (χ0) is 21.5. The molecule has 0 atom stereocenters. The lowest BCUT2D eigenvalue weighted by molar-refractivity contribution is -0.115. The van der Waals surface area contributed by atoms with Crippen molar-refractivity contribution in [1.82, 2.24) is 4.98 Å². The van der Waals surface area contributed by atoms with Gasteiger partial charge in [0, 0.05) is 33.5 Å². The second kappa shape index (κ2) is 7.52. The number of aromatic nitrogens is 1. The molecule has 154 valence electrons. The van der Waals surface area contributed by atoms with Crippen molar-refractivity contribution < 1.29 is 13.6 Å². The average Bonchev–Trinajstić information content (AvgIpc) is 3.43. The van der Waals surface area contributed by atoms with E-state index in [1.165, 1.54) is 11.3 Å². The fraction of sp³-hybridized carbons (Fsp3) is 0.125. The van der Waals surface area contributed by atoms with Crippen LogP contribution in [-0.4, -0.2) is 10.9 Å². The highest BCUT2D eigenvalue weighted by Crippen LogP contribution is 2.37. The molecule has 7 heteroatoms. The van der Waals surface area contributed by atoms with Gasteiger partial charge in [0.25, 0.3) is 0 Å². The number of nitrogens with one attached hydrogen (secondary N) is 1. The molecule has 0 bridgehead atoms. The van der Waals surface area contributed by atoms with Crippen LogP contribution in [0.25, 0.3) is 33.1 Å². The van der Waals surface area contributed by atoms with E-state index in [1.807, 2.05) is 50.2 Å². The van der Waals surface area contributed by atoms with E-state index in [0.717, 1.165) is 33.0 Å². The van der Waals surface area contributed by atoms with E-state index in [2.05, 4.69) is 10.3 Å². The Morgan fingerprint density at radius 3 is 2.65 bits per heavy atom. The Kier molecular flexibility index (Phi) is 4.67. The molecule has 6 nitrogen and oxygen atoms in total. The zero-order valence-corrected chi connectivity index (χ0v) is 17.7. The molecule has 5 aromatic rings. The fourth-order valence-corrected chi connectivity index (χ4v) is 4.40. The summed E-state index contributed by atoms with van der Waals surface area (Å²) in [6.45, 7) is 3.72. The minimum absolute atomic E-state index is 0.0856. The van der Waals surface area contributed by atoms with Crippen molar-refractivity contribution in [2.75, 3.05) is 5.32 Å². The lowest BCUT2D eigenvalue weighted by Gasteiger charge is -2.10. The Morgan fingerprint density at radius 2 is 1.90 bits per heavy atom. The van der Waals surface area contributed by atoms with Crippen LogP contribution in [0, 0.1) is 13.8 Å². The van der Waals surface area contributed by atoms with Gasteiger partial charge in [-0.15, -0.1) is 11.3 Å². The van der Waals surface area contributed by atoms with Gasteiger partial charge < -0.3 is 14.2 Å². The third-order valence-corrected chi connectivity index (χ3v) is 6.13. The second-order valence-electron chi connectivity index (χ2n) is 7.33. The number of aryl methyl sites for hydroxylation is 2.